The van der Waals surface area contributed by atoms with Crippen molar-refractivity contribution in [2.75, 3.05) is 18.4 Å². The predicted molar refractivity (Wildman–Crippen MR) is 82.2 cm³/mol. The Labute approximate surface area is 130 Å². The molecule has 1 atom stereocenters. The molecule has 1 saturated carbocycles. The quantitative estimate of drug-likeness (QED) is 0.933. The van der Waals surface area contributed by atoms with Crippen LogP contribution in [-0.4, -0.2) is 39.9 Å². The van der Waals surface area contributed by atoms with Gasteiger partial charge in [0.2, 0.25) is 11.9 Å². The topological polar surface area (TPSA) is 58.1 Å². The molecule has 1 unspecified atom stereocenters. The van der Waals surface area contributed by atoms with Crippen LogP contribution in [0.3, 0.4) is 0 Å². The highest BCUT2D eigenvalue weighted by molar-refractivity contribution is 6.30. The number of nitrogens with zero attached hydrogens (tertiary/aromatic N) is 3. The summed E-state index contributed by atoms with van der Waals surface area (Å²) < 4.78 is 0. The van der Waals surface area contributed by atoms with Gasteiger partial charge in [-0.3, -0.25) is 4.79 Å². The number of hydrogen-bond acceptors (Lipinski definition) is 4. The van der Waals surface area contributed by atoms with Crippen LogP contribution in [0.15, 0.2) is 12.4 Å². The van der Waals surface area contributed by atoms with Crippen molar-refractivity contribution in [3.63, 3.8) is 0 Å². The molecule has 21 heavy (non-hydrogen) atoms. The molecule has 114 valence electrons. The molecule has 1 aliphatic heterocycles. The van der Waals surface area contributed by atoms with Gasteiger partial charge in [0.25, 0.3) is 0 Å². The molecule has 1 saturated heterocycles. The van der Waals surface area contributed by atoms with Crippen molar-refractivity contribution in [1.82, 2.24) is 14.9 Å². The van der Waals surface area contributed by atoms with Crippen molar-refractivity contribution in [3.05, 3.63) is 17.4 Å². The molecular formula is C15H21ClN4O. The maximum Gasteiger partial charge on any atom is 0.225 e. The zero-order valence-electron chi connectivity index (χ0n) is 12.1. The summed E-state index contributed by atoms with van der Waals surface area (Å²) in [4.78, 5) is 22.8. The Hall–Kier alpha value is -1.36. The molecule has 1 aromatic rings. The first-order valence-electron chi connectivity index (χ1n) is 7.75. The summed E-state index contributed by atoms with van der Waals surface area (Å²) in [6, 6.07) is 0.235. The molecule has 5 nitrogen and oxygen atoms in total. The number of amides is 1. The van der Waals surface area contributed by atoms with E-state index in [-0.39, 0.29) is 12.0 Å². The molecule has 1 amide bonds. The third-order valence-corrected chi connectivity index (χ3v) is 4.60. The van der Waals surface area contributed by atoms with Crippen LogP contribution in [0.1, 0.15) is 38.5 Å². The second kappa shape index (κ2) is 6.60. The Balaban J connectivity index is 1.52. The summed E-state index contributed by atoms with van der Waals surface area (Å²) in [5.74, 6) is 1.18. The number of hydrogen-bond donors (Lipinski definition) is 1. The lowest BCUT2D eigenvalue weighted by Crippen LogP contribution is -2.37. The number of carbonyl (C=O) groups is 1. The van der Waals surface area contributed by atoms with E-state index in [1.807, 2.05) is 4.90 Å². The molecule has 2 aliphatic rings. The fourth-order valence-electron chi connectivity index (χ4n) is 3.26. The monoisotopic (exact) mass is 308 g/mol. The van der Waals surface area contributed by atoms with Crippen LogP contribution in [-0.2, 0) is 4.79 Å². The van der Waals surface area contributed by atoms with Gasteiger partial charge < -0.3 is 10.2 Å². The minimum atomic E-state index is 0.235. The number of anilines is 1. The van der Waals surface area contributed by atoms with E-state index in [9.17, 15) is 4.79 Å². The van der Waals surface area contributed by atoms with Crippen molar-refractivity contribution in [2.24, 2.45) is 5.92 Å². The number of aromatic nitrogens is 2. The van der Waals surface area contributed by atoms with E-state index in [2.05, 4.69) is 15.3 Å². The van der Waals surface area contributed by atoms with E-state index in [0.717, 1.165) is 32.4 Å². The predicted octanol–water partition coefficient (Wildman–Crippen LogP) is 2.72. The van der Waals surface area contributed by atoms with E-state index < -0.39 is 0 Å². The Morgan fingerprint density at radius 2 is 1.90 bits per heavy atom. The van der Waals surface area contributed by atoms with Crippen molar-refractivity contribution in [3.8, 4) is 0 Å². The third-order valence-electron chi connectivity index (χ3n) is 4.41. The molecule has 0 bridgehead atoms. The summed E-state index contributed by atoms with van der Waals surface area (Å²) in [6.07, 6.45) is 9.91. The third kappa shape index (κ3) is 3.64. The molecule has 2 heterocycles. The fraction of sp³-hybridized carbons (Fsp3) is 0.667. The molecule has 1 aliphatic carbocycles. The van der Waals surface area contributed by atoms with Gasteiger partial charge in [-0.2, -0.15) is 0 Å². The fourth-order valence-corrected chi connectivity index (χ4v) is 3.35. The maximum atomic E-state index is 12.5. The highest BCUT2D eigenvalue weighted by atomic mass is 35.5. The Bertz CT molecular complexity index is 487. The van der Waals surface area contributed by atoms with Crippen molar-refractivity contribution < 1.29 is 4.79 Å². The largest absolute Gasteiger partial charge is 0.350 e. The number of likely N-dealkylation sites (tertiary alicyclic amines) is 1. The van der Waals surface area contributed by atoms with E-state index in [4.69, 9.17) is 11.6 Å². The zero-order chi connectivity index (χ0) is 14.7. The van der Waals surface area contributed by atoms with E-state index in [1.54, 1.807) is 12.4 Å². The van der Waals surface area contributed by atoms with Crippen molar-refractivity contribution >= 4 is 23.5 Å². The highest BCUT2D eigenvalue weighted by Crippen LogP contribution is 2.27. The second-order valence-electron chi connectivity index (χ2n) is 5.97. The average molecular weight is 309 g/mol. The molecule has 0 radical (unpaired) electrons. The molecule has 0 aromatic carbocycles. The van der Waals surface area contributed by atoms with Crippen LogP contribution in [0.25, 0.3) is 0 Å². The van der Waals surface area contributed by atoms with Gasteiger partial charge in [-0.25, -0.2) is 9.97 Å². The van der Waals surface area contributed by atoms with Gasteiger partial charge >= 0.3 is 0 Å². The normalized spacial score (nSPS) is 23.3. The van der Waals surface area contributed by atoms with Crippen LogP contribution < -0.4 is 5.32 Å². The van der Waals surface area contributed by atoms with Crippen LogP contribution in [0, 0.1) is 5.92 Å². The number of rotatable bonds is 3. The van der Waals surface area contributed by atoms with Gasteiger partial charge in [0, 0.05) is 25.0 Å². The lowest BCUT2D eigenvalue weighted by molar-refractivity contribution is -0.135. The Kier molecular flexibility index (Phi) is 4.58. The van der Waals surface area contributed by atoms with Gasteiger partial charge in [0.05, 0.1) is 17.4 Å². The van der Waals surface area contributed by atoms with Gasteiger partial charge in [-0.1, -0.05) is 30.9 Å². The van der Waals surface area contributed by atoms with E-state index in [0.29, 0.717) is 16.9 Å². The Morgan fingerprint density at radius 3 is 2.62 bits per heavy atom. The van der Waals surface area contributed by atoms with Gasteiger partial charge in [-0.15, -0.1) is 0 Å². The number of carbonyl (C=O) groups excluding carboxylic acids is 1. The van der Waals surface area contributed by atoms with Crippen LogP contribution in [0.2, 0.25) is 5.02 Å². The van der Waals surface area contributed by atoms with Gasteiger partial charge in [0.1, 0.15) is 0 Å². The summed E-state index contributed by atoms with van der Waals surface area (Å²) in [6.45, 7) is 1.59. The molecule has 3 rings (SSSR count). The minimum Gasteiger partial charge on any atom is -0.350 e. The smallest absolute Gasteiger partial charge is 0.225 e. The number of halogens is 1. The van der Waals surface area contributed by atoms with Crippen molar-refractivity contribution in [1.29, 1.82) is 0 Å². The van der Waals surface area contributed by atoms with Crippen LogP contribution >= 0.6 is 11.6 Å². The van der Waals surface area contributed by atoms with Crippen LogP contribution in [0.4, 0.5) is 5.95 Å². The summed E-state index contributed by atoms with van der Waals surface area (Å²) in [5, 5.41) is 3.81. The van der Waals surface area contributed by atoms with Gasteiger partial charge in [-0.05, 0) is 19.3 Å². The standard InChI is InChI=1S/C15H21ClN4O/c16-12-8-17-15(18-9-12)19-13-6-7-20(10-13)14(21)11-4-2-1-3-5-11/h8-9,11,13H,1-7,10H2,(H,17,18,19). The SMILES string of the molecule is O=C(C1CCCCC1)N1CCC(Nc2ncc(Cl)cn2)C1. The van der Waals surface area contributed by atoms with Crippen LogP contribution in [0.5, 0.6) is 0 Å². The molecule has 0 spiro atoms. The van der Waals surface area contributed by atoms with Crippen molar-refractivity contribution in [2.45, 2.75) is 44.6 Å². The molecule has 1 N–H and O–H groups in total. The molecule has 2 fully saturated rings. The molecule has 1 aromatic heterocycles. The average Bonchev–Trinajstić information content (AvgIpc) is 2.98. The number of nitrogens with one attached hydrogen (secondary N) is 1. The Morgan fingerprint density at radius 1 is 1.19 bits per heavy atom. The first-order chi connectivity index (χ1) is 10.2. The minimum absolute atomic E-state index is 0.235. The van der Waals surface area contributed by atoms with E-state index in [1.165, 1.54) is 19.3 Å². The summed E-state index contributed by atoms with van der Waals surface area (Å²) >= 11 is 5.77. The molecular weight excluding hydrogens is 288 g/mol. The first kappa shape index (κ1) is 14.6. The summed E-state index contributed by atoms with van der Waals surface area (Å²) in [7, 11) is 0. The zero-order valence-corrected chi connectivity index (χ0v) is 12.9. The lowest BCUT2D eigenvalue weighted by Gasteiger charge is -2.26. The second-order valence-corrected chi connectivity index (χ2v) is 6.41. The summed E-state index contributed by atoms with van der Waals surface area (Å²) in [5.41, 5.74) is 0. The highest BCUT2D eigenvalue weighted by Gasteiger charge is 2.31. The first-order valence-corrected chi connectivity index (χ1v) is 8.13. The van der Waals surface area contributed by atoms with Gasteiger partial charge in [0.15, 0.2) is 0 Å². The van der Waals surface area contributed by atoms with E-state index >= 15 is 0 Å². The molecule has 6 heteroatoms. The lowest BCUT2D eigenvalue weighted by atomic mass is 9.88. The maximum absolute atomic E-state index is 12.5.